The number of carboxylic acids is 1. The number of ether oxygens (including phenoxy) is 1. The first-order valence-corrected chi connectivity index (χ1v) is 8.03. The van der Waals surface area contributed by atoms with Crippen molar-refractivity contribution in [2.45, 2.75) is 52.0 Å². The SMILES string of the molecule is COc1c(C(C)C)ccc(C(C)C)c1C1CC(C(=O)O)CN1. The van der Waals surface area contributed by atoms with E-state index in [0.717, 1.165) is 11.3 Å². The highest BCUT2D eigenvalue weighted by molar-refractivity contribution is 5.71. The number of hydrogen-bond donors (Lipinski definition) is 2. The van der Waals surface area contributed by atoms with E-state index in [4.69, 9.17) is 4.74 Å². The maximum atomic E-state index is 11.3. The zero-order chi connectivity index (χ0) is 16.4. The third-order valence-corrected chi connectivity index (χ3v) is 4.54. The quantitative estimate of drug-likeness (QED) is 0.871. The van der Waals surface area contributed by atoms with Crippen molar-refractivity contribution in [2.24, 2.45) is 5.92 Å². The van der Waals surface area contributed by atoms with Gasteiger partial charge in [-0.1, -0.05) is 39.8 Å². The zero-order valence-electron chi connectivity index (χ0n) is 14.1. The molecule has 0 spiro atoms. The molecule has 0 bridgehead atoms. The van der Waals surface area contributed by atoms with Gasteiger partial charge in [-0.25, -0.2) is 0 Å². The van der Waals surface area contributed by atoms with Gasteiger partial charge in [0.25, 0.3) is 0 Å². The minimum absolute atomic E-state index is 0.0483. The van der Waals surface area contributed by atoms with E-state index < -0.39 is 5.97 Å². The average molecular weight is 305 g/mol. The Morgan fingerprint density at radius 2 is 1.82 bits per heavy atom. The fraction of sp³-hybridized carbons (Fsp3) is 0.611. The van der Waals surface area contributed by atoms with E-state index >= 15 is 0 Å². The van der Waals surface area contributed by atoms with Crippen LogP contribution in [-0.2, 0) is 4.79 Å². The lowest BCUT2D eigenvalue weighted by molar-refractivity contribution is -0.141. The number of carboxylic acid groups (broad SMARTS) is 1. The molecule has 1 heterocycles. The van der Waals surface area contributed by atoms with Gasteiger partial charge in [-0.05, 0) is 29.4 Å². The van der Waals surface area contributed by atoms with Crippen LogP contribution >= 0.6 is 0 Å². The summed E-state index contributed by atoms with van der Waals surface area (Å²) in [6, 6.07) is 4.37. The minimum atomic E-state index is -0.722. The summed E-state index contributed by atoms with van der Waals surface area (Å²) in [6.07, 6.45) is 0.618. The molecule has 2 rings (SSSR count). The zero-order valence-corrected chi connectivity index (χ0v) is 14.1. The van der Waals surface area contributed by atoms with Crippen molar-refractivity contribution in [3.05, 3.63) is 28.8 Å². The second-order valence-electron chi connectivity index (χ2n) is 6.73. The van der Waals surface area contributed by atoms with Gasteiger partial charge in [-0.2, -0.15) is 0 Å². The van der Waals surface area contributed by atoms with Crippen LogP contribution in [0.5, 0.6) is 5.75 Å². The molecule has 2 N–H and O–H groups in total. The Hall–Kier alpha value is -1.55. The van der Waals surface area contributed by atoms with E-state index in [0.29, 0.717) is 24.8 Å². The van der Waals surface area contributed by atoms with Gasteiger partial charge in [0.2, 0.25) is 0 Å². The molecule has 0 aliphatic carbocycles. The summed E-state index contributed by atoms with van der Waals surface area (Å²) in [6.45, 7) is 9.15. The van der Waals surface area contributed by atoms with Crippen LogP contribution in [0.1, 0.15) is 68.7 Å². The van der Waals surface area contributed by atoms with Crippen LogP contribution in [0.2, 0.25) is 0 Å². The second-order valence-corrected chi connectivity index (χ2v) is 6.73. The highest BCUT2D eigenvalue weighted by atomic mass is 16.5. The maximum Gasteiger partial charge on any atom is 0.307 e. The van der Waals surface area contributed by atoms with Gasteiger partial charge >= 0.3 is 5.97 Å². The minimum Gasteiger partial charge on any atom is -0.496 e. The smallest absolute Gasteiger partial charge is 0.307 e. The predicted molar refractivity (Wildman–Crippen MR) is 87.7 cm³/mol. The summed E-state index contributed by atoms with van der Waals surface area (Å²) < 4.78 is 5.75. The van der Waals surface area contributed by atoms with E-state index in [2.05, 4.69) is 45.1 Å². The number of methoxy groups -OCH3 is 1. The van der Waals surface area contributed by atoms with Gasteiger partial charge in [0.05, 0.1) is 13.0 Å². The van der Waals surface area contributed by atoms with Crippen LogP contribution in [0.25, 0.3) is 0 Å². The third kappa shape index (κ3) is 3.12. The average Bonchev–Trinajstić information content (AvgIpc) is 2.94. The van der Waals surface area contributed by atoms with Crippen LogP contribution in [0.3, 0.4) is 0 Å². The van der Waals surface area contributed by atoms with Crippen molar-refractivity contribution >= 4 is 5.97 Å². The fourth-order valence-electron chi connectivity index (χ4n) is 3.32. The molecular formula is C18H27NO3. The highest BCUT2D eigenvalue weighted by Crippen LogP contribution is 2.42. The van der Waals surface area contributed by atoms with Crippen molar-refractivity contribution < 1.29 is 14.6 Å². The van der Waals surface area contributed by atoms with E-state index in [9.17, 15) is 9.90 Å². The molecule has 1 aromatic rings. The van der Waals surface area contributed by atoms with Crippen LogP contribution < -0.4 is 10.1 Å². The number of rotatable bonds is 5. The van der Waals surface area contributed by atoms with E-state index in [1.807, 2.05) is 0 Å². The monoisotopic (exact) mass is 305 g/mol. The summed E-state index contributed by atoms with van der Waals surface area (Å²) in [5, 5.41) is 12.6. The standard InChI is InChI=1S/C18H27NO3/c1-10(2)13-6-7-14(11(3)4)17(22-5)16(13)15-8-12(9-19-15)18(20)21/h6-7,10-12,15,19H,8-9H2,1-5H3,(H,20,21). The molecule has 1 aliphatic rings. The van der Waals surface area contributed by atoms with Gasteiger partial charge < -0.3 is 15.2 Å². The fourth-order valence-corrected chi connectivity index (χ4v) is 3.32. The first-order chi connectivity index (χ1) is 10.4. The van der Waals surface area contributed by atoms with Crippen LogP contribution in [-0.4, -0.2) is 24.7 Å². The lowest BCUT2D eigenvalue weighted by Gasteiger charge is -2.25. The molecule has 1 aromatic carbocycles. The molecule has 0 aromatic heterocycles. The number of aliphatic carboxylic acids is 1. The first kappa shape index (κ1) is 16.8. The largest absolute Gasteiger partial charge is 0.496 e. The van der Waals surface area contributed by atoms with Crippen molar-refractivity contribution in [2.75, 3.05) is 13.7 Å². The Morgan fingerprint density at radius 3 is 2.27 bits per heavy atom. The van der Waals surface area contributed by atoms with Crippen molar-refractivity contribution in [3.8, 4) is 5.75 Å². The molecule has 1 fully saturated rings. The Labute approximate surface area is 132 Å². The molecule has 4 heteroatoms. The first-order valence-electron chi connectivity index (χ1n) is 8.03. The van der Waals surface area contributed by atoms with E-state index in [1.54, 1.807) is 7.11 Å². The molecule has 1 aliphatic heterocycles. The lowest BCUT2D eigenvalue weighted by Crippen LogP contribution is -2.19. The number of nitrogens with one attached hydrogen (secondary N) is 1. The third-order valence-electron chi connectivity index (χ3n) is 4.54. The number of carbonyl (C=O) groups is 1. The number of benzene rings is 1. The van der Waals surface area contributed by atoms with Gasteiger partial charge in [0.1, 0.15) is 5.75 Å². The van der Waals surface area contributed by atoms with E-state index in [-0.39, 0.29) is 12.0 Å². The van der Waals surface area contributed by atoms with Crippen molar-refractivity contribution in [1.82, 2.24) is 5.32 Å². The van der Waals surface area contributed by atoms with Crippen molar-refractivity contribution in [3.63, 3.8) is 0 Å². The summed E-state index contributed by atoms with van der Waals surface area (Å²) in [5.74, 6) is 0.615. The summed E-state index contributed by atoms with van der Waals surface area (Å²) in [4.78, 5) is 11.3. The summed E-state index contributed by atoms with van der Waals surface area (Å²) >= 11 is 0. The topological polar surface area (TPSA) is 58.6 Å². The number of hydrogen-bond acceptors (Lipinski definition) is 3. The molecule has 2 unspecified atom stereocenters. The van der Waals surface area contributed by atoms with Crippen LogP contribution in [0.4, 0.5) is 0 Å². The molecule has 122 valence electrons. The molecule has 1 saturated heterocycles. The predicted octanol–water partition coefficient (Wildman–Crippen LogP) is 3.68. The molecule has 0 amide bonds. The van der Waals surface area contributed by atoms with E-state index in [1.165, 1.54) is 11.1 Å². The molecule has 0 saturated carbocycles. The van der Waals surface area contributed by atoms with Crippen LogP contribution in [0, 0.1) is 5.92 Å². The lowest BCUT2D eigenvalue weighted by atomic mass is 9.86. The van der Waals surface area contributed by atoms with Gasteiger partial charge in [0.15, 0.2) is 0 Å². The summed E-state index contributed by atoms with van der Waals surface area (Å²) in [5.41, 5.74) is 3.57. The molecular weight excluding hydrogens is 278 g/mol. The highest BCUT2D eigenvalue weighted by Gasteiger charge is 2.34. The Morgan fingerprint density at radius 1 is 1.23 bits per heavy atom. The molecule has 2 atom stereocenters. The van der Waals surface area contributed by atoms with Crippen molar-refractivity contribution in [1.29, 1.82) is 0 Å². The van der Waals surface area contributed by atoms with Crippen LogP contribution in [0.15, 0.2) is 12.1 Å². The molecule has 0 radical (unpaired) electrons. The maximum absolute atomic E-state index is 11.3. The molecule has 22 heavy (non-hydrogen) atoms. The van der Waals surface area contributed by atoms with Gasteiger partial charge in [-0.15, -0.1) is 0 Å². The van der Waals surface area contributed by atoms with Gasteiger partial charge in [0, 0.05) is 18.2 Å². The summed E-state index contributed by atoms with van der Waals surface area (Å²) in [7, 11) is 1.71. The normalized spacial score (nSPS) is 21.6. The Kier molecular flexibility index (Phi) is 5.12. The Balaban J connectivity index is 2.51. The second kappa shape index (κ2) is 6.69. The molecule has 4 nitrogen and oxygen atoms in total. The Bertz CT molecular complexity index is 552. The van der Waals surface area contributed by atoms with Gasteiger partial charge in [-0.3, -0.25) is 4.79 Å².